The number of nitrogens with zero attached hydrogens (tertiary/aromatic N) is 3. The van der Waals surface area contributed by atoms with Crippen LogP contribution >= 0.6 is 0 Å². The van der Waals surface area contributed by atoms with Crippen LogP contribution in [0.1, 0.15) is 22.3 Å². The molecule has 2 aliphatic carbocycles. The van der Waals surface area contributed by atoms with Gasteiger partial charge >= 0.3 is 0 Å². The summed E-state index contributed by atoms with van der Waals surface area (Å²) in [5.74, 6) is 0. The zero-order valence-electron chi connectivity index (χ0n) is 38.6. The molecule has 0 saturated heterocycles. The summed E-state index contributed by atoms with van der Waals surface area (Å²) < 4.78 is 9.41. The fourth-order valence-corrected chi connectivity index (χ4v) is 12.3. The van der Waals surface area contributed by atoms with Gasteiger partial charge in [0.1, 0.15) is 5.58 Å². The lowest BCUT2D eigenvalue weighted by molar-refractivity contribution is 0.669. The Balaban J connectivity index is 0.895. The van der Waals surface area contributed by atoms with Crippen molar-refractivity contribution in [1.29, 1.82) is 0 Å². The van der Waals surface area contributed by atoms with Gasteiger partial charge in [0.15, 0.2) is 5.58 Å². The molecule has 4 nitrogen and oxygen atoms in total. The predicted octanol–water partition coefficient (Wildman–Crippen LogP) is 18.0. The van der Waals surface area contributed by atoms with Crippen molar-refractivity contribution in [2.45, 2.75) is 5.41 Å². The summed E-state index contributed by atoms with van der Waals surface area (Å²) in [6, 6.07) is 94.9. The van der Waals surface area contributed by atoms with Crippen molar-refractivity contribution in [3.63, 3.8) is 0 Å². The lowest BCUT2D eigenvalue weighted by Crippen LogP contribution is -2.25. The number of rotatable bonds is 7. The predicted molar refractivity (Wildman–Crippen MR) is 294 cm³/mol. The summed E-state index contributed by atoms with van der Waals surface area (Å²) in [6.07, 6.45) is 0. The van der Waals surface area contributed by atoms with E-state index < -0.39 is 5.41 Å². The Kier molecular flexibility index (Phi) is 8.54. The van der Waals surface area contributed by atoms with Crippen molar-refractivity contribution in [2.75, 3.05) is 9.80 Å². The Morgan fingerprint density at radius 1 is 0.310 bits per heavy atom. The topological polar surface area (TPSA) is 24.6 Å². The van der Waals surface area contributed by atoms with Crippen LogP contribution in [-0.4, -0.2) is 4.57 Å². The minimum Gasteiger partial charge on any atom is -0.454 e. The Morgan fingerprint density at radius 2 is 0.803 bits per heavy atom. The summed E-state index contributed by atoms with van der Waals surface area (Å²) >= 11 is 0. The molecule has 13 aromatic rings. The van der Waals surface area contributed by atoms with E-state index in [1.807, 2.05) is 0 Å². The van der Waals surface area contributed by atoms with Crippen molar-refractivity contribution >= 4 is 77.9 Å². The van der Waals surface area contributed by atoms with Gasteiger partial charge in [0.25, 0.3) is 0 Å². The molecule has 0 amide bonds. The largest absolute Gasteiger partial charge is 0.454 e. The number of aromatic nitrogens is 1. The lowest BCUT2D eigenvalue weighted by Gasteiger charge is -2.31. The van der Waals surface area contributed by atoms with Gasteiger partial charge in [-0.05, 0) is 142 Å². The first kappa shape index (κ1) is 39.6. The molecule has 15 rings (SSSR count). The highest BCUT2D eigenvalue weighted by Crippen LogP contribution is 2.63. The Morgan fingerprint density at radius 3 is 1.49 bits per heavy atom. The molecule has 0 aliphatic heterocycles. The molecule has 71 heavy (non-hydrogen) atoms. The fourth-order valence-electron chi connectivity index (χ4n) is 12.3. The van der Waals surface area contributed by atoms with Crippen LogP contribution in [0.25, 0.3) is 71.7 Å². The first-order valence-corrected chi connectivity index (χ1v) is 24.4. The summed E-state index contributed by atoms with van der Waals surface area (Å²) in [4.78, 5) is 4.73. The first-order valence-electron chi connectivity index (χ1n) is 24.4. The molecule has 332 valence electrons. The molecule has 4 heteroatoms. The number of anilines is 6. The van der Waals surface area contributed by atoms with Crippen molar-refractivity contribution in [1.82, 2.24) is 4.57 Å². The van der Waals surface area contributed by atoms with E-state index in [9.17, 15) is 0 Å². The van der Waals surface area contributed by atoms with Crippen molar-refractivity contribution < 1.29 is 4.42 Å². The monoisotopic (exact) mass is 905 g/mol. The van der Waals surface area contributed by atoms with Crippen molar-refractivity contribution in [3.05, 3.63) is 283 Å². The van der Waals surface area contributed by atoms with Crippen LogP contribution in [0, 0.1) is 0 Å². The highest BCUT2D eigenvalue weighted by Gasteiger charge is 2.51. The maximum Gasteiger partial charge on any atom is 0.159 e. The van der Waals surface area contributed by atoms with Crippen LogP contribution < -0.4 is 9.80 Å². The van der Waals surface area contributed by atoms with E-state index in [4.69, 9.17) is 4.42 Å². The zero-order valence-corrected chi connectivity index (χ0v) is 38.6. The van der Waals surface area contributed by atoms with E-state index in [-0.39, 0.29) is 0 Å². The third-order valence-electron chi connectivity index (χ3n) is 15.2. The molecule has 0 unspecified atom stereocenters. The third-order valence-corrected chi connectivity index (χ3v) is 15.2. The Labute approximate surface area is 411 Å². The van der Waals surface area contributed by atoms with Gasteiger partial charge in [-0.1, -0.05) is 164 Å². The number of hydrogen-bond donors (Lipinski definition) is 0. The Bertz CT molecular complexity index is 4200. The number of furan rings is 1. The van der Waals surface area contributed by atoms with E-state index in [1.165, 1.54) is 66.3 Å². The molecule has 0 atom stereocenters. The smallest absolute Gasteiger partial charge is 0.159 e. The molecule has 2 aliphatic rings. The van der Waals surface area contributed by atoms with Gasteiger partial charge in [-0.2, -0.15) is 0 Å². The average Bonchev–Trinajstić information content (AvgIpc) is 4.16. The highest BCUT2D eigenvalue weighted by atomic mass is 16.3. The number of benzene rings is 11. The maximum absolute atomic E-state index is 7.04. The second-order valence-corrected chi connectivity index (χ2v) is 18.8. The van der Waals surface area contributed by atoms with Gasteiger partial charge in [0.2, 0.25) is 0 Å². The van der Waals surface area contributed by atoms with Crippen LogP contribution in [0.3, 0.4) is 0 Å². The minimum atomic E-state index is -0.411. The second-order valence-electron chi connectivity index (χ2n) is 18.8. The molecule has 11 aromatic carbocycles. The van der Waals surface area contributed by atoms with Crippen molar-refractivity contribution in [3.8, 4) is 27.9 Å². The van der Waals surface area contributed by atoms with E-state index in [2.05, 4.69) is 275 Å². The average molecular weight is 906 g/mol. The van der Waals surface area contributed by atoms with Crippen LogP contribution in [0.5, 0.6) is 0 Å². The quantitative estimate of drug-likeness (QED) is 0.159. The molecule has 2 heterocycles. The SMILES string of the molecule is c1ccc(N(c2ccc3oc4c(N(c5ccccc5)c5ccc6c(c5)-c5ccccc5C65c6ccccc6-c6ccccc65)cccc4c3c2)c2ccc3c(c2)c2ccccc2n3-c2ccccc2)cc1. The van der Waals surface area contributed by atoms with E-state index in [0.29, 0.717) is 0 Å². The van der Waals surface area contributed by atoms with Crippen molar-refractivity contribution in [2.24, 2.45) is 0 Å². The third kappa shape index (κ3) is 5.67. The summed E-state index contributed by atoms with van der Waals surface area (Å²) in [6.45, 7) is 0. The molecule has 1 spiro atoms. The maximum atomic E-state index is 7.04. The molecule has 0 N–H and O–H groups in total. The summed E-state index contributed by atoms with van der Waals surface area (Å²) in [5, 5.41) is 4.53. The lowest BCUT2D eigenvalue weighted by atomic mass is 9.70. The van der Waals surface area contributed by atoms with Crippen LogP contribution in [-0.2, 0) is 5.41 Å². The normalized spacial score (nSPS) is 12.9. The molecule has 0 radical (unpaired) electrons. The van der Waals surface area contributed by atoms with Crippen LogP contribution in [0.15, 0.2) is 265 Å². The first-order chi connectivity index (χ1) is 35.2. The molecular formula is C67H43N3O. The zero-order chi connectivity index (χ0) is 46.6. The van der Waals surface area contributed by atoms with Crippen LogP contribution in [0.2, 0.25) is 0 Å². The van der Waals surface area contributed by atoms with E-state index >= 15 is 0 Å². The number of para-hydroxylation sites is 5. The van der Waals surface area contributed by atoms with Gasteiger partial charge in [-0.3, -0.25) is 0 Å². The fraction of sp³-hybridized carbons (Fsp3) is 0.0149. The van der Waals surface area contributed by atoms with Gasteiger partial charge in [0.05, 0.1) is 22.1 Å². The molecule has 0 saturated carbocycles. The van der Waals surface area contributed by atoms with Gasteiger partial charge in [-0.15, -0.1) is 0 Å². The molecule has 2 aromatic heterocycles. The van der Waals surface area contributed by atoms with Crippen LogP contribution in [0.4, 0.5) is 34.1 Å². The van der Waals surface area contributed by atoms with Gasteiger partial charge in [-0.25, -0.2) is 0 Å². The standard InChI is InChI=1S/C67H43N3O/c1-4-19-44(20-5-1)68(47-36-39-63-56(42-47)53-28-13-17-33-62(53)70(63)46-23-8-3-9-24-46)48-37-40-65-57(43-48)54-29-18-34-64(66(54)71-65)69(45-21-6-2-7-22-45)49-35-38-61-55(41-49)52-27-12-16-32-60(52)67(61)58-30-14-10-25-50(58)51-26-11-15-31-59(51)67/h1-43H. The molecular weight excluding hydrogens is 863 g/mol. The highest BCUT2D eigenvalue weighted by molar-refractivity contribution is 6.13. The number of hydrogen-bond acceptors (Lipinski definition) is 3. The minimum absolute atomic E-state index is 0.411. The van der Waals surface area contributed by atoms with E-state index in [0.717, 1.165) is 61.8 Å². The number of fused-ring (bicyclic) bond motifs is 16. The summed E-state index contributed by atoms with van der Waals surface area (Å²) in [7, 11) is 0. The Hall–Kier alpha value is -9.38. The van der Waals surface area contributed by atoms with E-state index in [1.54, 1.807) is 0 Å². The molecule has 0 fully saturated rings. The summed E-state index contributed by atoms with van der Waals surface area (Å²) in [5.41, 5.74) is 21.5. The molecule has 0 bridgehead atoms. The van der Waals surface area contributed by atoms with Gasteiger partial charge in [0, 0.05) is 55.7 Å². The second kappa shape index (κ2) is 15.3. The van der Waals surface area contributed by atoms with Gasteiger partial charge < -0.3 is 18.8 Å².